The first kappa shape index (κ1) is 23.8. The molecule has 8 heteroatoms. The largest absolute Gasteiger partial charge is 0.491 e. The van der Waals surface area contributed by atoms with E-state index in [0.717, 1.165) is 48.6 Å². The molecule has 2 aromatic carbocycles. The van der Waals surface area contributed by atoms with Crippen molar-refractivity contribution >= 4 is 28.4 Å². The van der Waals surface area contributed by atoms with Gasteiger partial charge in [-0.15, -0.1) is 0 Å². The first-order valence-electron chi connectivity index (χ1n) is 12.4. The fourth-order valence-electron chi connectivity index (χ4n) is 4.41. The number of benzene rings is 2. The molecule has 0 radical (unpaired) electrons. The van der Waals surface area contributed by atoms with E-state index in [4.69, 9.17) is 9.72 Å². The number of nitrogens with one attached hydrogen (secondary N) is 1. The SMILES string of the molecule is CC(C)Oc1ccccc1Cn1c(=O)ccc2cnc(Nc3ccc(N4CCN(C)CC4)cc3)nc21. The van der Waals surface area contributed by atoms with Crippen molar-refractivity contribution < 1.29 is 4.74 Å². The third kappa shape index (κ3) is 5.33. The van der Waals surface area contributed by atoms with Crippen LogP contribution >= 0.6 is 0 Å². The average molecular weight is 485 g/mol. The fourth-order valence-corrected chi connectivity index (χ4v) is 4.41. The van der Waals surface area contributed by atoms with E-state index in [-0.39, 0.29) is 11.7 Å². The minimum atomic E-state index is -0.122. The molecule has 0 spiro atoms. The van der Waals surface area contributed by atoms with Crippen LogP contribution in [0.2, 0.25) is 0 Å². The maximum atomic E-state index is 12.9. The zero-order valence-corrected chi connectivity index (χ0v) is 21.0. The van der Waals surface area contributed by atoms with E-state index in [1.165, 1.54) is 5.69 Å². The van der Waals surface area contributed by atoms with E-state index in [1.807, 2.05) is 50.2 Å². The van der Waals surface area contributed by atoms with Gasteiger partial charge < -0.3 is 19.9 Å². The summed E-state index contributed by atoms with van der Waals surface area (Å²) in [5.41, 5.74) is 3.49. The topological polar surface area (TPSA) is 75.5 Å². The zero-order chi connectivity index (χ0) is 25.1. The Morgan fingerprint density at radius 3 is 2.47 bits per heavy atom. The summed E-state index contributed by atoms with van der Waals surface area (Å²) in [6.07, 6.45) is 1.78. The lowest BCUT2D eigenvalue weighted by molar-refractivity contribution is 0.239. The molecule has 1 saturated heterocycles. The van der Waals surface area contributed by atoms with Crippen LogP contribution in [-0.2, 0) is 6.54 Å². The quantitative estimate of drug-likeness (QED) is 0.423. The smallest absolute Gasteiger partial charge is 0.252 e. The molecule has 1 aliphatic rings. The summed E-state index contributed by atoms with van der Waals surface area (Å²) in [6, 6.07) is 19.4. The van der Waals surface area contributed by atoms with Crippen LogP contribution in [-0.4, -0.2) is 58.8 Å². The lowest BCUT2D eigenvalue weighted by Crippen LogP contribution is -2.44. The summed E-state index contributed by atoms with van der Waals surface area (Å²) in [4.78, 5) is 26.8. The fraction of sp³-hybridized carbons (Fsp3) is 0.321. The average Bonchev–Trinajstić information content (AvgIpc) is 2.87. The molecule has 0 amide bonds. The minimum Gasteiger partial charge on any atom is -0.491 e. The number of aromatic nitrogens is 3. The van der Waals surface area contributed by atoms with Crippen molar-refractivity contribution in [3.63, 3.8) is 0 Å². The van der Waals surface area contributed by atoms with Crippen LogP contribution in [0.5, 0.6) is 5.75 Å². The number of hydrogen-bond donors (Lipinski definition) is 1. The third-order valence-electron chi connectivity index (χ3n) is 6.38. The number of nitrogens with zero attached hydrogens (tertiary/aromatic N) is 5. The van der Waals surface area contributed by atoms with E-state index < -0.39 is 0 Å². The normalized spacial score (nSPS) is 14.4. The number of pyridine rings is 1. The second kappa shape index (κ2) is 10.4. The van der Waals surface area contributed by atoms with Crippen molar-refractivity contribution in [2.75, 3.05) is 43.4 Å². The molecule has 4 aromatic rings. The van der Waals surface area contributed by atoms with Gasteiger partial charge in [-0.05, 0) is 57.3 Å². The molecule has 0 atom stereocenters. The lowest BCUT2D eigenvalue weighted by Gasteiger charge is -2.34. The van der Waals surface area contributed by atoms with Crippen LogP contribution in [0.3, 0.4) is 0 Å². The highest BCUT2D eigenvalue weighted by molar-refractivity contribution is 5.76. The second-order valence-corrected chi connectivity index (χ2v) is 9.47. The number of anilines is 3. The predicted octanol–water partition coefficient (Wildman–Crippen LogP) is 4.12. The molecular weight excluding hydrogens is 452 g/mol. The number of hydrogen-bond acceptors (Lipinski definition) is 7. The summed E-state index contributed by atoms with van der Waals surface area (Å²) < 4.78 is 7.63. The molecule has 8 nitrogen and oxygen atoms in total. The molecular formula is C28H32N6O2. The van der Waals surface area contributed by atoms with Gasteiger partial charge >= 0.3 is 0 Å². The number of fused-ring (bicyclic) bond motifs is 1. The van der Waals surface area contributed by atoms with Gasteiger partial charge in [0.1, 0.15) is 11.4 Å². The molecule has 0 saturated carbocycles. The molecule has 0 bridgehead atoms. The van der Waals surface area contributed by atoms with Gasteiger partial charge in [-0.1, -0.05) is 18.2 Å². The van der Waals surface area contributed by atoms with Gasteiger partial charge in [-0.2, -0.15) is 4.98 Å². The Morgan fingerprint density at radius 1 is 0.972 bits per heavy atom. The van der Waals surface area contributed by atoms with Crippen LogP contribution in [0.25, 0.3) is 11.0 Å². The van der Waals surface area contributed by atoms with Crippen molar-refractivity contribution in [1.29, 1.82) is 0 Å². The molecule has 5 rings (SSSR count). The van der Waals surface area contributed by atoms with Gasteiger partial charge in [0.15, 0.2) is 0 Å². The highest BCUT2D eigenvalue weighted by atomic mass is 16.5. The molecule has 3 heterocycles. The summed E-state index contributed by atoms with van der Waals surface area (Å²) in [5.74, 6) is 1.21. The molecule has 2 aromatic heterocycles. The van der Waals surface area contributed by atoms with Crippen molar-refractivity contribution in [2.24, 2.45) is 0 Å². The first-order valence-corrected chi connectivity index (χ1v) is 12.4. The van der Waals surface area contributed by atoms with Gasteiger partial charge in [0.2, 0.25) is 5.95 Å². The number of rotatable bonds is 7. The van der Waals surface area contributed by atoms with Crippen LogP contribution < -0.4 is 20.5 Å². The van der Waals surface area contributed by atoms with Crippen molar-refractivity contribution in [1.82, 2.24) is 19.4 Å². The summed E-state index contributed by atoms with van der Waals surface area (Å²) in [7, 11) is 2.16. The van der Waals surface area contributed by atoms with E-state index in [1.54, 1.807) is 22.9 Å². The molecule has 0 aliphatic carbocycles. The standard InChI is InChI=1S/C28H32N6O2/c1-20(2)36-25-7-5-4-6-22(25)19-34-26(35)13-8-21-18-29-28(31-27(21)34)30-23-9-11-24(12-10-23)33-16-14-32(3)15-17-33/h4-13,18,20H,14-17,19H2,1-3H3,(H,29,30,31). The molecule has 1 N–H and O–H groups in total. The van der Waals surface area contributed by atoms with Crippen LogP contribution in [0, 0.1) is 0 Å². The minimum absolute atomic E-state index is 0.0381. The monoisotopic (exact) mass is 484 g/mol. The predicted molar refractivity (Wildman–Crippen MR) is 145 cm³/mol. The highest BCUT2D eigenvalue weighted by Crippen LogP contribution is 2.23. The molecule has 186 valence electrons. The highest BCUT2D eigenvalue weighted by Gasteiger charge is 2.15. The number of para-hydroxylation sites is 1. The number of piperazine rings is 1. The number of likely N-dealkylation sites (N-methyl/N-ethyl adjacent to an activating group) is 1. The Hall–Kier alpha value is -3.91. The molecule has 0 unspecified atom stereocenters. The Balaban J connectivity index is 1.40. The second-order valence-electron chi connectivity index (χ2n) is 9.47. The van der Waals surface area contributed by atoms with Crippen LogP contribution in [0.4, 0.5) is 17.3 Å². The Bertz CT molecular complexity index is 1390. The van der Waals surface area contributed by atoms with Crippen molar-refractivity contribution in [2.45, 2.75) is 26.5 Å². The molecule has 36 heavy (non-hydrogen) atoms. The summed E-state index contributed by atoms with van der Waals surface area (Å²) >= 11 is 0. The summed E-state index contributed by atoms with van der Waals surface area (Å²) in [5, 5.41) is 4.09. The lowest BCUT2D eigenvalue weighted by atomic mass is 10.2. The maximum absolute atomic E-state index is 12.9. The van der Waals surface area contributed by atoms with Gasteiger partial charge in [0.25, 0.3) is 5.56 Å². The molecule has 1 fully saturated rings. The van der Waals surface area contributed by atoms with Gasteiger partial charge in [0, 0.05) is 60.8 Å². The van der Waals surface area contributed by atoms with E-state index in [9.17, 15) is 4.79 Å². The third-order valence-corrected chi connectivity index (χ3v) is 6.38. The van der Waals surface area contributed by atoms with Gasteiger partial charge in [-0.25, -0.2) is 4.98 Å². The Kier molecular flexibility index (Phi) is 6.86. The van der Waals surface area contributed by atoms with Gasteiger partial charge in [0.05, 0.1) is 12.6 Å². The first-order chi connectivity index (χ1) is 17.5. The van der Waals surface area contributed by atoms with Crippen molar-refractivity contribution in [3.8, 4) is 5.75 Å². The Labute approximate surface area is 211 Å². The van der Waals surface area contributed by atoms with E-state index in [2.05, 4.69) is 39.3 Å². The van der Waals surface area contributed by atoms with Gasteiger partial charge in [-0.3, -0.25) is 9.36 Å². The number of ether oxygens (including phenoxy) is 1. The van der Waals surface area contributed by atoms with Crippen LogP contribution in [0.1, 0.15) is 19.4 Å². The maximum Gasteiger partial charge on any atom is 0.252 e. The zero-order valence-electron chi connectivity index (χ0n) is 21.0. The molecule has 1 aliphatic heterocycles. The summed E-state index contributed by atoms with van der Waals surface area (Å²) in [6.45, 7) is 8.53. The van der Waals surface area contributed by atoms with E-state index in [0.29, 0.717) is 18.1 Å². The van der Waals surface area contributed by atoms with Crippen LogP contribution in [0.15, 0.2) is 71.7 Å². The Morgan fingerprint density at radius 2 is 1.72 bits per heavy atom. The van der Waals surface area contributed by atoms with Crippen molar-refractivity contribution in [3.05, 3.63) is 82.8 Å². The van der Waals surface area contributed by atoms with E-state index >= 15 is 0 Å².